The molecule has 6 rings (SSSR count). The van der Waals surface area contributed by atoms with E-state index in [-0.39, 0.29) is 11.0 Å². The minimum absolute atomic E-state index is 0.131. The number of benzene rings is 2. The smallest absolute Gasteiger partial charge is 0.275 e. The van der Waals surface area contributed by atoms with Crippen LogP contribution >= 0.6 is 11.6 Å². The number of rotatable bonds is 3. The van der Waals surface area contributed by atoms with Crippen LogP contribution in [-0.4, -0.2) is 9.36 Å². The molecule has 3 atom stereocenters. The molecule has 2 aromatic carbocycles. The van der Waals surface area contributed by atoms with Gasteiger partial charge >= 0.3 is 0 Å². The van der Waals surface area contributed by atoms with Crippen LogP contribution in [0, 0.1) is 5.41 Å². The molecule has 3 nitrogen and oxygen atoms in total. The Morgan fingerprint density at radius 3 is 2.59 bits per heavy atom. The summed E-state index contributed by atoms with van der Waals surface area (Å²) in [6, 6.07) is 18.1. The Kier molecular flexibility index (Phi) is 2.90. The van der Waals surface area contributed by atoms with Gasteiger partial charge in [-0.25, -0.2) is 4.68 Å². The minimum atomic E-state index is 0.131. The minimum Gasteiger partial charge on any atom is -0.277 e. The van der Waals surface area contributed by atoms with Crippen LogP contribution in [0.4, 0.5) is 0 Å². The van der Waals surface area contributed by atoms with Crippen molar-refractivity contribution in [2.45, 2.75) is 44.1 Å². The highest BCUT2D eigenvalue weighted by molar-refractivity contribution is 6.32. The highest BCUT2D eigenvalue weighted by atomic mass is 35.5. The van der Waals surface area contributed by atoms with Crippen LogP contribution < -0.4 is 5.56 Å². The molecular weight excluding hydrogens is 356 g/mol. The second-order valence-electron chi connectivity index (χ2n) is 8.64. The molecule has 0 amide bonds. The van der Waals surface area contributed by atoms with Crippen molar-refractivity contribution in [3.8, 4) is 5.69 Å². The summed E-state index contributed by atoms with van der Waals surface area (Å²) in [5, 5.41) is 0.619. The molecule has 3 aliphatic carbocycles. The first-order valence-electron chi connectivity index (χ1n) is 9.72. The summed E-state index contributed by atoms with van der Waals surface area (Å²) in [7, 11) is 0. The molecule has 1 aromatic heterocycles. The molecule has 0 N–H and O–H groups in total. The topological polar surface area (TPSA) is 26.9 Å². The van der Waals surface area contributed by atoms with E-state index in [4.69, 9.17) is 11.6 Å². The number of halogens is 1. The highest BCUT2D eigenvalue weighted by Gasteiger charge is 2.79. The Bertz CT molecular complexity index is 1140. The van der Waals surface area contributed by atoms with Gasteiger partial charge < -0.3 is 0 Å². The predicted molar refractivity (Wildman–Crippen MR) is 107 cm³/mol. The molecule has 3 aliphatic rings. The maximum atomic E-state index is 13.6. The zero-order valence-electron chi connectivity index (χ0n) is 15.3. The molecule has 0 saturated heterocycles. The summed E-state index contributed by atoms with van der Waals surface area (Å²) < 4.78 is 4.08. The molecule has 1 unspecified atom stereocenters. The summed E-state index contributed by atoms with van der Waals surface area (Å²) in [5.41, 5.74) is 4.97. The van der Waals surface area contributed by atoms with Crippen LogP contribution in [0.3, 0.4) is 0 Å². The van der Waals surface area contributed by atoms with Gasteiger partial charge in [-0.05, 0) is 48.3 Å². The van der Waals surface area contributed by atoms with E-state index in [1.165, 1.54) is 24.1 Å². The molecule has 27 heavy (non-hydrogen) atoms. The molecule has 0 spiro atoms. The van der Waals surface area contributed by atoms with Gasteiger partial charge in [-0.3, -0.25) is 9.48 Å². The van der Waals surface area contributed by atoms with Crippen molar-refractivity contribution >= 4 is 11.6 Å². The Morgan fingerprint density at radius 2 is 1.85 bits per heavy atom. The van der Waals surface area contributed by atoms with E-state index < -0.39 is 0 Å². The van der Waals surface area contributed by atoms with Gasteiger partial charge in [0.1, 0.15) is 0 Å². The number of hydrogen-bond donors (Lipinski definition) is 0. The zero-order valence-corrected chi connectivity index (χ0v) is 16.0. The van der Waals surface area contributed by atoms with Crippen molar-refractivity contribution in [3.63, 3.8) is 0 Å². The third-order valence-electron chi connectivity index (χ3n) is 7.50. The average molecular weight is 377 g/mol. The van der Waals surface area contributed by atoms with Crippen LogP contribution in [0.5, 0.6) is 0 Å². The lowest BCUT2D eigenvalue weighted by Crippen LogP contribution is -2.26. The second-order valence-corrected chi connectivity index (χ2v) is 9.05. The molecule has 2 bridgehead atoms. The van der Waals surface area contributed by atoms with Gasteiger partial charge in [-0.15, -0.1) is 0 Å². The van der Waals surface area contributed by atoms with Crippen molar-refractivity contribution in [1.29, 1.82) is 0 Å². The van der Waals surface area contributed by atoms with Gasteiger partial charge in [-0.1, -0.05) is 61.0 Å². The van der Waals surface area contributed by atoms with Gasteiger partial charge in [0.25, 0.3) is 5.56 Å². The highest BCUT2D eigenvalue weighted by Crippen LogP contribution is 2.83. The number of nitrogens with zero attached hydrogens (tertiary/aromatic N) is 2. The SMILES string of the molecule is CC12C[C@@]13CC[C@@H]2c1c3n(Cc2ccccc2)n(-c2ccccc2Cl)c1=O. The van der Waals surface area contributed by atoms with E-state index in [1.807, 2.05) is 35.0 Å². The number of aromatic nitrogens is 2. The van der Waals surface area contributed by atoms with Gasteiger partial charge in [0.15, 0.2) is 0 Å². The van der Waals surface area contributed by atoms with Gasteiger partial charge in [0, 0.05) is 11.0 Å². The fourth-order valence-electron chi connectivity index (χ4n) is 6.21. The fourth-order valence-corrected chi connectivity index (χ4v) is 6.43. The molecule has 0 radical (unpaired) electrons. The molecular formula is C23H21ClN2O. The molecule has 0 aliphatic heterocycles. The van der Waals surface area contributed by atoms with Crippen molar-refractivity contribution in [3.05, 3.63) is 86.8 Å². The molecule has 1 heterocycles. The summed E-state index contributed by atoms with van der Waals surface area (Å²) in [5.74, 6) is 0.408. The first-order chi connectivity index (χ1) is 13.1. The lowest BCUT2D eigenvalue weighted by atomic mass is 9.86. The van der Waals surface area contributed by atoms with Crippen LogP contribution in [-0.2, 0) is 12.0 Å². The number of fused-ring (bicyclic) bond motifs is 2. The Labute approximate surface area is 163 Å². The van der Waals surface area contributed by atoms with E-state index in [2.05, 4.69) is 35.9 Å². The lowest BCUT2D eigenvalue weighted by molar-refractivity contribution is 0.466. The zero-order chi connectivity index (χ0) is 18.4. The van der Waals surface area contributed by atoms with Crippen LogP contribution in [0.2, 0.25) is 5.02 Å². The first kappa shape index (κ1) is 15.8. The third-order valence-corrected chi connectivity index (χ3v) is 7.82. The standard InChI is InChI=1S/C23H21ClN2O/c1-22-14-23(22)12-11-16(22)19-20(23)25(13-15-7-3-2-4-8-15)26(21(19)27)18-10-6-5-9-17(18)24/h2-10,16H,11-14H2,1H3/t16-,22?,23-/m1/s1. The van der Waals surface area contributed by atoms with E-state index in [1.54, 1.807) is 0 Å². The Morgan fingerprint density at radius 1 is 1.11 bits per heavy atom. The van der Waals surface area contributed by atoms with Crippen molar-refractivity contribution < 1.29 is 0 Å². The van der Waals surface area contributed by atoms with Crippen LogP contribution in [0.15, 0.2) is 59.4 Å². The largest absolute Gasteiger partial charge is 0.277 e. The second kappa shape index (κ2) is 4.96. The summed E-state index contributed by atoms with van der Waals surface area (Å²) in [6.45, 7) is 3.08. The summed E-state index contributed by atoms with van der Waals surface area (Å²) in [6.07, 6.45) is 3.58. The predicted octanol–water partition coefficient (Wildman–Crippen LogP) is 4.88. The molecule has 136 valence electrons. The Hall–Kier alpha value is -2.26. The molecule has 4 heteroatoms. The Balaban J connectivity index is 1.64. The fraction of sp³-hybridized carbons (Fsp3) is 0.348. The van der Waals surface area contributed by atoms with Crippen molar-refractivity contribution in [2.75, 3.05) is 0 Å². The average Bonchev–Trinajstić information content (AvgIpc) is 2.91. The molecule has 3 aromatic rings. The monoisotopic (exact) mass is 376 g/mol. The van der Waals surface area contributed by atoms with Gasteiger partial charge in [0.05, 0.1) is 22.9 Å². The number of hydrogen-bond acceptors (Lipinski definition) is 1. The van der Waals surface area contributed by atoms with E-state index >= 15 is 0 Å². The van der Waals surface area contributed by atoms with E-state index in [0.29, 0.717) is 22.9 Å². The number of para-hydroxylation sites is 1. The quantitative estimate of drug-likeness (QED) is 0.640. The maximum Gasteiger partial charge on any atom is 0.275 e. The van der Waals surface area contributed by atoms with Gasteiger partial charge in [0.2, 0.25) is 0 Å². The van der Waals surface area contributed by atoms with E-state index in [9.17, 15) is 4.79 Å². The summed E-state index contributed by atoms with van der Waals surface area (Å²) in [4.78, 5) is 13.6. The molecule has 2 saturated carbocycles. The van der Waals surface area contributed by atoms with Crippen molar-refractivity contribution in [1.82, 2.24) is 9.36 Å². The van der Waals surface area contributed by atoms with Crippen molar-refractivity contribution in [2.24, 2.45) is 5.41 Å². The van der Waals surface area contributed by atoms with Crippen LogP contribution in [0.25, 0.3) is 5.69 Å². The lowest BCUT2D eigenvalue weighted by Gasteiger charge is -2.22. The third kappa shape index (κ3) is 1.76. The van der Waals surface area contributed by atoms with E-state index in [0.717, 1.165) is 17.7 Å². The maximum absolute atomic E-state index is 13.6. The molecule has 2 fully saturated rings. The summed E-state index contributed by atoms with van der Waals surface area (Å²) >= 11 is 6.52. The normalized spacial score (nSPS) is 29.6. The first-order valence-corrected chi connectivity index (χ1v) is 10.1. The van der Waals surface area contributed by atoms with Crippen LogP contribution in [0.1, 0.15) is 48.9 Å². The van der Waals surface area contributed by atoms with Gasteiger partial charge in [-0.2, -0.15) is 0 Å².